The molecule has 0 saturated carbocycles. The topological polar surface area (TPSA) is 23.8 Å². The third-order valence-electron chi connectivity index (χ3n) is 1.72. The number of hydrogen-bond donors (Lipinski definition) is 0. The Balaban J connectivity index is 2.95. The Labute approximate surface area is 76.8 Å². The predicted octanol–water partition coefficient (Wildman–Crippen LogP) is 3.05. The summed E-state index contributed by atoms with van der Waals surface area (Å²) < 4.78 is 26.4. The third-order valence-corrected chi connectivity index (χ3v) is 2.62. The molecule has 1 heterocycles. The Kier molecular flexibility index (Phi) is 1.74. The smallest absolute Gasteiger partial charge is 0.143 e. The summed E-state index contributed by atoms with van der Waals surface area (Å²) in [7, 11) is 0. The van der Waals surface area contributed by atoms with Crippen LogP contribution in [0.1, 0.15) is 5.56 Å². The fourth-order valence-electron chi connectivity index (χ4n) is 1.18. The van der Waals surface area contributed by atoms with Crippen LogP contribution in [0.25, 0.3) is 10.1 Å². The summed E-state index contributed by atoms with van der Waals surface area (Å²) in [5, 5.41) is 10.1. The molecule has 0 saturated heterocycles. The van der Waals surface area contributed by atoms with Crippen molar-refractivity contribution in [2.45, 2.75) is 0 Å². The van der Waals surface area contributed by atoms with E-state index in [1.54, 1.807) is 6.07 Å². The number of benzene rings is 1. The van der Waals surface area contributed by atoms with E-state index in [9.17, 15) is 8.78 Å². The number of nitrogens with zero attached hydrogens (tertiary/aromatic N) is 1. The highest BCUT2D eigenvalue weighted by atomic mass is 32.1. The van der Waals surface area contributed by atoms with E-state index in [-0.39, 0.29) is 10.9 Å². The van der Waals surface area contributed by atoms with Crippen molar-refractivity contribution in [3.05, 3.63) is 34.7 Å². The first kappa shape index (κ1) is 8.14. The number of rotatable bonds is 0. The summed E-state index contributed by atoms with van der Waals surface area (Å²) >= 11 is 1.09. The highest BCUT2D eigenvalue weighted by molar-refractivity contribution is 7.17. The molecular formula is C9H3F2NS. The van der Waals surface area contributed by atoms with Crippen LogP contribution in [0.2, 0.25) is 0 Å². The van der Waals surface area contributed by atoms with Gasteiger partial charge < -0.3 is 0 Å². The molecule has 4 heteroatoms. The van der Waals surface area contributed by atoms with Gasteiger partial charge in [-0.2, -0.15) is 5.26 Å². The number of thiophene rings is 1. The molecule has 0 spiro atoms. The van der Waals surface area contributed by atoms with Crippen molar-refractivity contribution in [3.63, 3.8) is 0 Å². The van der Waals surface area contributed by atoms with E-state index in [0.29, 0.717) is 4.70 Å². The van der Waals surface area contributed by atoms with Crippen LogP contribution in [0.4, 0.5) is 8.78 Å². The molecule has 0 N–H and O–H groups in total. The number of hydrogen-bond acceptors (Lipinski definition) is 2. The van der Waals surface area contributed by atoms with Crippen molar-refractivity contribution >= 4 is 21.4 Å². The average Bonchev–Trinajstić information content (AvgIpc) is 2.46. The zero-order chi connectivity index (χ0) is 9.42. The van der Waals surface area contributed by atoms with Crippen LogP contribution < -0.4 is 0 Å². The molecule has 1 nitrogen and oxygen atoms in total. The van der Waals surface area contributed by atoms with Gasteiger partial charge in [0.1, 0.15) is 17.7 Å². The van der Waals surface area contributed by atoms with Gasteiger partial charge in [0.25, 0.3) is 0 Å². The first-order chi connectivity index (χ1) is 6.22. The van der Waals surface area contributed by atoms with Crippen LogP contribution in [0.5, 0.6) is 0 Å². The lowest BCUT2D eigenvalue weighted by Gasteiger charge is -1.93. The summed E-state index contributed by atoms with van der Waals surface area (Å²) in [6.07, 6.45) is 0. The lowest BCUT2D eigenvalue weighted by Crippen LogP contribution is -1.81. The van der Waals surface area contributed by atoms with Crippen LogP contribution in [0.3, 0.4) is 0 Å². The van der Waals surface area contributed by atoms with E-state index < -0.39 is 11.6 Å². The molecule has 64 valence electrons. The van der Waals surface area contributed by atoms with E-state index in [0.717, 1.165) is 17.4 Å². The van der Waals surface area contributed by atoms with Crippen molar-refractivity contribution in [3.8, 4) is 6.07 Å². The summed E-state index contributed by atoms with van der Waals surface area (Å²) in [4.78, 5) is 0. The minimum absolute atomic E-state index is 0.0498. The van der Waals surface area contributed by atoms with Gasteiger partial charge in [-0.3, -0.25) is 0 Å². The number of halogens is 2. The normalized spacial score (nSPS) is 10.2. The summed E-state index contributed by atoms with van der Waals surface area (Å²) in [6.45, 7) is 0. The van der Waals surface area contributed by atoms with E-state index in [1.165, 1.54) is 11.4 Å². The summed E-state index contributed by atoms with van der Waals surface area (Å²) in [5.41, 5.74) is 0.0498. The molecule has 0 fully saturated rings. The average molecular weight is 195 g/mol. The molecule has 2 aromatic rings. The van der Waals surface area contributed by atoms with Gasteiger partial charge >= 0.3 is 0 Å². The van der Waals surface area contributed by atoms with Crippen LogP contribution in [0, 0.1) is 23.0 Å². The Hall–Kier alpha value is -1.47. The van der Waals surface area contributed by atoms with Crippen LogP contribution in [-0.2, 0) is 0 Å². The van der Waals surface area contributed by atoms with Gasteiger partial charge in [0, 0.05) is 15.5 Å². The lowest BCUT2D eigenvalue weighted by molar-refractivity contribution is 0.627. The minimum atomic E-state index is -0.508. The largest absolute Gasteiger partial charge is 0.207 e. The summed E-state index contributed by atoms with van der Waals surface area (Å²) in [6, 6.07) is 4.03. The van der Waals surface area contributed by atoms with Crippen molar-refractivity contribution in [1.82, 2.24) is 0 Å². The number of nitriles is 1. The van der Waals surface area contributed by atoms with Gasteiger partial charge in [0.15, 0.2) is 0 Å². The van der Waals surface area contributed by atoms with E-state index in [1.807, 2.05) is 0 Å². The Morgan fingerprint density at radius 1 is 1.31 bits per heavy atom. The second-order valence-electron chi connectivity index (χ2n) is 2.52. The summed E-state index contributed by atoms with van der Waals surface area (Å²) in [5.74, 6) is -0.970. The molecule has 0 aliphatic rings. The van der Waals surface area contributed by atoms with Gasteiger partial charge in [0.05, 0.1) is 5.56 Å². The van der Waals surface area contributed by atoms with Gasteiger partial charge in [-0.15, -0.1) is 11.3 Å². The molecule has 0 amide bonds. The van der Waals surface area contributed by atoms with Crippen LogP contribution in [0.15, 0.2) is 17.5 Å². The first-order valence-electron chi connectivity index (χ1n) is 3.48. The highest BCUT2D eigenvalue weighted by Gasteiger charge is 2.10. The van der Waals surface area contributed by atoms with Gasteiger partial charge in [-0.1, -0.05) is 0 Å². The van der Waals surface area contributed by atoms with Crippen molar-refractivity contribution < 1.29 is 8.78 Å². The Morgan fingerprint density at radius 2 is 2.08 bits per heavy atom. The molecule has 1 aromatic heterocycles. The van der Waals surface area contributed by atoms with Crippen molar-refractivity contribution in [2.24, 2.45) is 0 Å². The molecule has 1 aromatic carbocycles. The maximum Gasteiger partial charge on any atom is 0.143 e. The fourth-order valence-corrected chi connectivity index (χ4v) is 2.04. The van der Waals surface area contributed by atoms with Crippen molar-refractivity contribution in [1.29, 1.82) is 5.26 Å². The third kappa shape index (κ3) is 1.18. The van der Waals surface area contributed by atoms with Gasteiger partial charge in [0.2, 0.25) is 0 Å². The molecule has 2 rings (SSSR count). The van der Waals surface area contributed by atoms with Gasteiger partial charge in [-0.05, 0) is 12.1 Å². The predicted molar refractivity (Wildman–Crippen MR) is 46.5 cm³/mol. The number of fused-ring (bicyclic) bond motifs is 1. The van der Waals surface area contributed by atoms with Gasteiger partial charge in [-0.25, -0.2) is 8.78 Å². The second kappa shape index (κ2) is 2.79. The maximum absolute atomic E-state index is 13.1. The lowest BCUT2D eigenvalue weighted by atomic mass is 10.1. The molecule has 0 atom stereocenters. The zero-order valence-electron chi connectivity index (χ0n) is 6.34. The monoisotopic (exact) mass is 195 g/mol. The molecule has 13 heavy (non-hydrogen) atoms. The van der Waals surface area contributed by atoms with E-state index in [2.05, 4.69) is 0 Å². The second-order valence-corrected chi connectivity index (χ2v) is 3.43. The Bertz CT molecular complexity index is 510. The SMILES string of the molecule is N#Cc1cc(F)cc2scc(F)c12. The van der Waals surface area contributed by atoms with Crippen LogP contribution >= 0.6 is 11.3 Å². The molecular weight excluding hydrogens is 192 g/mol. The van der Waals surface area contributed by atoms with E-state index in [4.69, 9.17) is 5.26 Å². The highest BCUT2D eigenvalue weighted by Crippen LogP contribution is 2.28. The van der Waals surface area contributed by atoms with E-state index >= 15 is 0 Å². The quantitative estimate of drug-likeness (QED) is 0.633. The van der Waals surface area contributed by atoms with Crippen molar-refractivity contribution in [2.75, 3.05) is 0 Å². The fraction of sp³-hybridized carbons (Fsp3) is 0. The molecule has 0 aliphatic carbocycles. The molecule has 0 unspecified atom stereocenters. The minimum Gasteiger partial charge on any atom is -0.207 e. The molecule has 0 radical (unpaired) electrons. The standard InChI is InChI=1S/C9H3F2NS/c10-6-1-5(3-12)9-7(11)4-13-8(9)2-6/h1-2,4H. The zero-order valence-corrected chi connectivity index (χ0v) is 7.16. The van der Waals surface area contributed by atoms with Crippen LogP contribution in [-0.4, -0.2) is 0 Å². The molecule has 0 aliphatic heterocycles. The molecule has 0 bridgehead atoms. The Morgan fingerprint density at radius 3 is 2.77 bits per heavy atom. The first-order valence-corrected chi connectivity index (χ1v) is 4.36. The maximum atomic E-state index is 13.1.